The second-order valence-corrected chi connectivity index (χ2v) is 7.37. The first-order chi connectivity index (χ1) is 14.5. The number of benzene rings is 3. The summed E-state index contributed by atoms with van der Waals surface area (Å²) in [6, 6.07) is 21.7. The SMILES string of the molecule is Cc1ccc(NC(=O)/C(C#N)=C/c2ccc(OCc3ccccc3Cl)c(Cl)c2)cc1. The Labute approximate surface area is 185 Å². The molecule has 3 aromatic carbocycles. The minimum Gasteiger partial charge on any atom is -0.487 e. The lowest BCUT2D eigenvalue weighted by atomic mass is 10.1. The Morgan fingerprint density at radius 3 is 2.47 bits per heavy atom. The van der Waals surface area contributed by atoms with Crippen LogP contribution in [0, 0.1) is 18.3 Å². The number of aryl methyl sites for hydroxylation is 1. The molecule has 0 fully saturated rings. The van der Waals surface area contributed by atoms with Gasteiger partial charge in [0, 0.05) is 16.3 Å². The van der Waals surface area contributed by atoms with Crippen molar-refractivity contribution in [2.24, 2.45) is 0 Å². The van der Waals surface area contributed by atoms with Crippen molar-refractivity contribution >= 4 is 40.9 Å². The number of nitriles is 1. The van der Waals surface area contributed by atoms with Crippen LogP contribution in [0.2, 0.25) is 10.0 Å². The van der Waals surface area contributed by atoms with Gasteiger partial charge in [0.05, 0.1) is 5.02 Å². The largest absolute Gasteiger partial charge is 0.487 e. The minimum absolute atomic E-state index is 0.0311. The molecule has 0 saturated carbocycles. The van der Waals surface area contributed by atoms with Crippen LogP contribution in [0.25, 0.3) is 6.08 Å². The van der Waals surface area contributed by atoms with Gasteiger partial charge in [-0.15, -0.1) is 0 Å². The smallest absolute Gasteiger partial charge is 0.266 e. The highest BCUT2D eigenvalue weighted by Gasteiger charge is 2.11. The number of nitrogens with zero attached hydrogens (tertiary/aromatic N) is 1. The van der Waals surface area contributed by atoms with E-state index in [9.17, 15) is 10.1 Å². The summed E-state index contributed by atoms with van der Waals surface area (Å²) in [6.07, 6.45) is 1.48. The monoisotopic (exact) mass is 436 g/mol. The Kier molecular flexibility index (Phi) is 7.13. The van der Waals surface area contributed by atoms with Crippen LogP contribution in [0.1, 0.15) is 16.7 Å². The predicted octanol–water partition coefficient (Wildman–Crippen LogP) is 6.43. The van der Waals surface area contributed by atoms with Crippen molar-refractivity contribution in [1.82, 2.24) is 0 Å². The molecule has 3 aromatic rings. The van der Waals surface area contributed by atoms with Gasteiger partial charge in [-0.2, -0.15) is 5.26 Å². The molecule has 0 spiro atoms. The molecule has 1 amide bonds. The molecule has 0 radical (unpaired) electrons. The molecule has 0 saturated heterocycles. The summed E-state index contributed by atoms with van der Waals surface area (Å²) in [4.78, 5) is 12.4. The van der Waals surface area contributed by atoms with Gasteiger partial charge in [-0.3, -0.25) is 4.79 Å². The summed E-state index contributed by atoms with van der Waals surface area (Å²) in [7, 11) is 0. The first-order valence-corrected chi connectivity index (χ1v) is 9.87. The molecule has 6 heteroatoms. The lowest BCUT2D eigenvalue weighted by Crippen LogP contribution is -2.13. The number of carbonyl (C=O) groups excluding carboxylic acids is 1. The Hall–Kier alpha value is -3.26. The molecule has 0 aromatic heterocycles. The van der Waals surface area contributed by atoms with Gasteiger partial charge in [-0.1, -0.05) is 65.2 Å². The molecule has 150 valence electrons. The van der Waals surface area contributed by atoms with Crippen molar-refractivity contribution < 1.29 is 9.53 Å². The van der Waals surface area contributed by atoms with E-state index < -0.39 is 5.91 Å². The van der Waals surface area contributed by atoms with Crippen molar-refractivity contribution in [3.63, 3.8) is 0 Å². The number of ether oxygens (including phenoxy) is 1. The van der Waals surface area contributed by atoms with Crippen LogP contribution < -0.4 is 10.1 Å². The van der Waals surface area contributed by atoms with E-state index in [0.29, 0.717) is 27.0 Å². The number of hydrogen-bond acceptors (Lipinski definition) is 3. The van der Waals surface area contributed by atoms with E-state index in [1.807, 2.05) is 43.3 Å². The molecular formula is C24H18Cl2N2O2. The van der Waals surface area contributed by atoms with Gasteiger partial charge in [0.1, 0.15) is 24.0 Å². The van der Waals surface area contributed by atoms with Crippen molar-refractivity contribution in [2.75, 3.05) is 5.32 Å². The zero-order valence-corrected chi connectivity index (χ0v) is 17.7. The first kappa shape index (κ1) is 21.4. The van der Waals surface area contributed by atoms with Crippen molar-refractivity contribution in [3.8, 4) is 11.8 Å². The third kappa shape index (κ3) is 5.64. The second-order valence-electron chi connectivity index (χ2n) is 6.56. The molecule has 4 nitrogen and oxygen atoms in total. The fourth-order valence-corrected chi connectivity index (χ4v) is 3.08. The lowest BCUT2D eigenvalue weighted by Gasteiger charge is -2.10. The average molecular weight is 437 g/mol. The Morgan fingerprint density at radius 2 is 1.80 bits per heavy atom. The number of amides is 1. The zero-order valence-electron chi connectivity index (χ0n) is 16.2. The zero-order chi connectivity index (χ0) is 21.5. The first-order valence-electron chi connectivity index (χ1n) is 9.12. The van der Waals surface area contributed by atoms with Crippen LogP contribution >= 0.6 is 23.2 Å². The van der Waals surface area contributed by atoms with E-state index in [4.69, 9.17) is 27.9 Å². The van der Waals surface area contributed by atoms with E-state index in [1.165, 1.54) is 6.08 Å². The van der Waals surface area contributed by atoms with Crippen molar-refractivity contribution in [3.05, 3.63) is 99.0 Å². The molecule has 0 heterocycles. The Morgan fingerprint density at radius 1 is 1.07 bits per heavy atom. The molecule has 0 bridgehead atoms. The van der Waals surface area contributed by atoms with Crippen molar-refractivity contribution in [1.29, 1.82) is 5.26 Å². The number of hydrogen-bond donors (Lipinski definition) is 1. The van der Waals surface area contributed by atoms with Crippen LogP contribution in [0.15, 0.2) is 72.3 Å². The Balaban J connectivity index is 1.71. The number of nitrogens with one attached hydrogen (secondary N) is 1. The maximum atomic E-state index is 12.4. The average Bonchev–Trinajstić information content (AvgIpc) is 2.74. The summed E-state index contributed by atoms with van der Waals surface area (Å²) < 4.78 is 5.74. The quantitative estimate of drug-likeness (QED) is 0.357. The summed E-state index contributed by atoms with van der Waals surface area (Å²) >= 11 is 12.5. The fourth-order valence-electron chi connectivity index (χ4n) is 2.65. The van der Waals surface area contributed by atoms with Crippen LogP contribution in [0.5, 0.6) is 5.75 Å². The third-order valence-corrected chi connectivity index (χ3v) is 4.95. The molecule has 0 aliphatic carbocycles. The van der Waals surface area contributed by atoms with E-state index >= 15 is 0 Å². The highest BCUT2D eigenvalue weighted by Crippen LogP contribution is 2.28. The maximum absolute atomic E-state index is 12.4. The van der Waals surface area contributed by atoms with Gasteiger partial charge in [-0.25, -0.2) is 0 Å². The normalized spacial score (nSPS) is 10.9. The van der Waals surface area contributed by atoms with Gasteiger partial charge in [-0.05, 0) is 48.9 Å². The molecular weight excluding hydrogens is 419 g/mol. The highest BCUT2D eigenvalue weighted by atomic mass is 35.5. The number of carbonyl (C=O) groups is 1. The van der Waals surface area contributed by atoms with E-state index in [2.05, 4.69) is 5.32 Å². The minimum atomic E-state index is -0.489. The summed E-state index contributed by atoms with van der Waals surface area (Å²) in [5.41, 5.74) is 3.12. The number of anilines is 1. The van der Waals surface area contributed by atoms with Gasteiger partial charge in [0.15, 0.2) is 0 Å². The van der Waals surface area contributed by atoms with Gasteiger partial charge >= 0.3 is 0 Å². The van der Waals surface area contributed by atoms with Gasteiger partial charge < -0.3 is 10.1 Å². The number of rotatable bonds is 6. The second kappa shape index (κ2) is 9.98. The van der Waals surface area contributed by atoms with E-state index in [-0.39, 0.29) is 12.2 Å². The summed E-state index contributed by atoms with van der Waals surface area (Å²) in [5, 5.41) is 13.1. The molecule has 0 aliphatic rings. The molecule has 0 unspecified atom stereocenters. The van der Waals surface area contributed by atoms with Crippen LogP contribution in [0.3, 0.4) is 0 Å². The summed E-state index contributed by atoms with van der Waals surface area (Å²) in [6.45, 7) is 2.23. The standard InChI is InChI=1S/C24H18Cl2N2O2/c1-16-6-9-20(10-7-16)28-24(29)19(14-27)12-17-8-11-23(22(26)13-17)30-15-18-4-2-3-5-21(18)25/h2-13H,15H2,1H3,(H,28,29)/b19-12+. The molecule has 30 heavy (non-hydrogen) atoms. The molecule has 1 N–H and O–H groups in total. The maximum Gasteiger partial charge on any atom is 0.266 e. The van der Waals surface area contributed by atoms with Crippen LogP contribution in [-0.4, -0.2) is 5.91 Å². The summed E-state index contributed by atoms with van der Waals surface area (Å²) in [5.74, 6) is -0.00660. The van der Waals surface area contributed by atoms with Crippen LogP contribution in [0.4, 0.5) is 5.69 Å². The molecule has 0 atom stereocenters. The van der Waals surface area contributed by atoms with Crippen molar-refractivity contribution in [2.45, 2.75) is 13.5 Å². The van der Waals surface area contributed by atoms with E-state index in [0.717, 1.165) is 11.1 Å². The Bertz CT molecular complexity index is 1130. The fraction of sp³-hybridized carbons (Fsp3) is 0.0833. The highest BCUT2D eigenvalue weighted by molar-refractivity contribution is 6.32. The van der Waals surface area contributed by atoms with E-state index in [1.54, 1.807) is 36.4 Å². The number of halogens is 2. The topological polar surface area (TPSA) is 62.1 Å². The molecule has 3 rings (SSSR count). The molecule has 0 aliphatic heterocycles. The lowest BCUT2D eigenvalue weighted by molar-refractivity contribution is -0.112. The predicted molar refractivity (Wildman–Crippen MR) is 121 cm³/mol. The van der Waals surface area contributed by atoms with Gasteiger partial charge in [0.2, 0.25) is 0 Å². The third-order valence-electron chi connectivity index (χ3n) is 4.28. The van der Waals surface area contributed by atoms with Crippen LogP contribution in [-0.2, 0) is 11.4 Å². The van der Waals surface area contributed by atoms with Gasteiger partial charge in [0.25, 0.3) is 5.91 Å².